The minimum absolute atomic E-state index is 0.278. The third-order valence-electron chi connectivity index (χ3n) is 3.15. The van der Waals surface area contributed by atoms with Gasteiger partial charge in [-0.2, -0.15) is 5.10 Å². The zero-order valence-electron chi connectivity index (χ0n) is 11.9. The molecular weight excluding hydrogens is 311 g/mol. The number of rotatable bonds is 6. The van der Waals surface area contributed by atoms with Crippen LogP contribution in [0.1, 0.15) is 35.6 Å². The molecule has 0 aliphatic heterocycles. The number of hydrogen-bond donors (Lipinski definition) is 0. The molecule has 6 heteroatoms. The van der Waals surface area contributed by atoms with E-state index in [9.17, 15) is 4.79 Å². The van der Waals surface area contributed by atoms with Gasteiger partial charge >= 0.3 is 0 Å². The number of halogens is 2. The van der Waals surface area contributed by atoms with E-state index in [1.54, 1.807) is 18.2 Å². The fourth-order valence-electron chi connectivity index (χ4n) is 2.01. The van der Waals surface area contributed by atoms with Gasteiger partial charge in [-0.15, -0.1) is 0 Å². The summed E-state index contributed by atoms with van der Waals surface area (Å²) in [5.41, 5.74) is 2.20. The monoisotopic (exact) mass is 326 g/mol. The Hall–Kier alpha value is -1.52. The van der Waals surface area contributed by atoms with Crippen LogP contribution >= 0.6 is 23.2 Å². The number of nitrogens with zero attached hydrogens (tertiary/aromatic N) is 2. The zero-order chi connectivity index (χ0) is 15.4. The number of aldehydes is 1. The summed E-state index contributed by atoms with van der Waals surface area (Å²) >= 11 is 12.4. The lowest BCUT2D eigenvalue weighted by atomic mass is 10.2. The van der Waals surface area contributed by atoms with Gasteiger partial charge in [-0.3, -0.25) is 9.48 Å². The Labute approximate surface area is 133 Å². The second-order valence-corrected chi connectivity index (χ2v) is 5.26. The Morgan fingerprint density at radius 1 is 1.33 bits per heavy atom. The molecule has 0 amide bonds. The number of benzene rings is 1. The van der Waals surface area contributed by atoms with E-state index in [1.165, 1.54) is 0 Å². The number of aryl methyl sites for hydroxylation is 2. The molecule has 0 spiro atoms. The minimum Gasteiger partial charge on any atom is -0.486 e. The highest BCUT2D eigenvalue weighted by Gasteiger charge is 2.15. The molecule has 112 valence electrons. The molecule has 1 aromatic carbocycles. The van der Waals surface area contributed by atoms with Crippen LogP contribution in [0.25, 0.3) is 0 Å². The van der Waals surface area contributed by atoms with Gasteiger partial charge in [-0.1, -0.05) is 30.1 Å². The van der Waals surface area contributed by atoms with E-state index < -0.39 is 0 Å². The summed E-state index contributed by atoms with van der Waals surface area (Å²) in [5.74, 6) is 0.514. The number of ether oxygens (including phenoxy) is 1. The molecule has 0 fully saturated rings. The topological polar surface area (TPSA) is 44.1 Å². The van der Waals surface area contributed by atoms with E-state index >= 15 is 0 Å². The first-order chi connectivity index (χ1) is 10.1. The van der Waals surface area contributed by atoms with Gasteiger partial charge in [0.1, 0.15) is 18.6 Å². The molecule has 2 aromatic rings. The van der Waals surface area contributed by atoms with Crippen molar-refractivity contribution in [3.8, 4) is 5.75 Å². The van der Waals surface area contributed by atoms with Crippen molar-refractivity contribution in [3.63, 3.8) is 0 Å². The van der Waals surface area contributed by atoms with Crippen molar-refractivity contribution in [1.29, 1.82) is 0 Å². The first-order valence-electron chi connectivity index (χ1n) is 6.72. The standard InChI is InChI=1S/C15H16Cl2N2O2/c1-3-12-15(17)13(19(4-2)18-12)9-21-14-6-5-10(8-20)7-11(14)16/h5-8H,3-4,9H2,1-2H3. The van der Waals surface area contributed by atoms with Crippen LogP contribution in [0.5, 0.6) is 5.75 Å². The Kier molecular flexibility index (Phi) is 5.26. The third-order valence-corrected chi connectivity index (χ3v) is 3.88. The van der Waals surface area contributed by atoms with Crippen LogP contribution in [0.3, 0.4) is 0 Å². The van der Waals surface area contributed by atoms with Crippen molar-refractivity contribution in [2.45, 2.75) is 33.4 Å². The summed E-state index contributed by atoms with van der Waals surface area (Å²) in [6.45, 7) is 5.00. The molecule has 4 nitrogen and oxygen atoms in total. The maximum atomic E-state index is 10.7. The SMILES string of the molecule is CCc1nn(CC)c(COc2ccc(C=O)cc2Cl)c1Cl. The summed E-state index contributed by atoms with van der Waals surface area (Å²) in [6.07, 6.45) is 1.51. The largest absolute Gasteiger partial charge is 0.486 e. The molecule has 0 saturated heterocycles. The Bertz CT molecular complexity index is 653. The Balaban J connectivity index is 2.20. The first kappa shape index (κ1) is 15.9. The van der Waals surface area contributed by atoms with Gasteiger partial charge in [0.25, 0.3) is 0 Å². The second kappa shape index (κ2) is 6.96. The second-order valence-electron chi connectivity index (χ2n) is 4.47. The molecule has 1 aromatic heterocycles. The van der Waals surface area contributed by atoms with Gasteiger partial charge in [0.2, 0.25) is 0 Å². The maximum absolute atomic E-state index is 10.7. The van der Waals surface area contributed by atoms with Crippen LogP contribution in [0.15, 0.2) is 18.2 Å². The first-order valence-corrected chi connectivity index (χ1v) is 7.47. The van der Waals surface area contributed by atoms with E-state index in [0.29, 0.717) is 21.4 Å². The van der Waals surface area contributed by atoms with Gasteiger partial charge < -0.3 is 4.74 Å². The average molecular weight is 327 g/mol. The highest BCUT2D eigenvalue weighted by atomic mass is 35.5. The molecule has 0 radical (unpaired) electrons. The van der Waals surface area contributed by atoms with E-state index in [0.717, 1.165) is 30.6 Å². The highest BCUT2D eigenvalue weighted by molar-refractivity contribution is 6.32. The van der Waals surface area contributed by atoms with Crippen molar-refractivity contribution in [1.82, 2.24) is 9.78 Å². The van der Waals surface area contributed by atoms with Crippen molar-refractivity contribution in [2.24, 2.45) is 0 Å². The predicted octanol–water partition coefficient (Wildman–Crippen LogP) is 4.16. The Morgan fingerprint density at radius 3 is 2.67 bits per heavy atom. The molecule has 2 rings (SSSR count). The molecule has 0 bridgehead atoms. The number of carbonyl (C=O) groups is 1. The fourth-order valence-corrected chi connectivity index (χ4v) is 2.58. The van der Waals surface area contributed by atoms with Gasteiger partial charge in [-0.05, 0) is 31.5 Å². The van der Waals surface area contributed by atoms with Crippen LogP contribution in [-0.2, 0) is 19.6 Å². The van der Waals surface area contributed by atoms with Crippen LogP contribution in [0, 0.1) is 0 Å². The average Bonchev–Trinajstić information content (AvgIpc) is 2.81. The summed E-state index contributed by atoms with van der Waals surface area (Å²) in [7, 11) is 0. The van der Waals surface area contributed by atoms with Crippen LogP contribution in [0.2, 0.25) is 10.0 Å². The van der Waals surface area contributed by atoms with Crippen LogP contribution < -0.4 is 4.74 Å². The lowest BCUT2D eigenvalue weighted by molar-refractivity contribution is 0.112. The summed E-state index contributed by atoms with van der Waals surface area (Å²) in [6, 6.07) is 4.90. The smallest absolute Gasteiger partial charge is 0.150 e. The summed E-state index contributed by atoms with van der Waals surface area (Å²) in [5, 5.41) is 5.47. The maximum Gasteiger partial charge on any atom is 0.150 e. The van der Waals surface area contributed by atoms with Gasteiger partial charge in [0.05, 0.1) is 21.4 Å². The van der Waals surface area contributed by atoms with Gasteiger partial charge in [0, 0.05) is 12.1 Å². The molecule has 0 atom stereocenters. The molecule has 21 heavy (non-hydrogen) atoms. The highest BCUT2D eigenvalue weighted by Crippen LogP contribution is 2.28. The number of carbonyl (C=O) groups excluding carboxylic acids is 1. The quantitative estimate of drug-likeness (QED) is 0.748. The summed E-state index contributed by atoms with van der Waals surface area (Å²) in [4.78, 5) is 10.7. The van der Waals surface area contributed by atoms with Crippen molar-refractivity contribution in [3.05, 3.63) is 45.2 Å². The lowest BCUT2D eigenvalue weighted by Gasteiger charge is -2.10. The normalized spacial score (nSPS) is 10.7. The van der Waals surface area contributed by atoms with Crippen LogP contribution in [0.4, 0.5) is 0 Å². The zero-order valence-corrected chi connectivity index (χ0v) is 13.4. The van der Waals surface area contributed by atoms with Crippen molar-refractivity contribution < 1.29 is 9.53 Å². The molecular formula is C15H16Cl2N2O2. The molecule has 1 heterocycles. The molecule has 0 unspecified atom stereocenters. The fraction of sp³-hybridized carbons (Fsp3) is 0.333. The molecule has 0 aliphatic carbocycles. The van der Waals surface area contributed by atoms with Gasteiger partial charge in [-0.25, -0.2) is 0 Å². The lowest BCUT2D eigenvalue weighted by Crippen LogP contribution is -2.06. The van der Waals surface area contributed by atoms with Crippen molar-refractivity contribution in [2.75, 3.05) is 0 Å². The number of hydrogen-bond acceptors (Lipinski definition) is 3. The van der Waals surface area contributed by atoms with E-state index in [-0.39, 0.29) is 6.61 Å². The minimum atomic E-state index is 0.278. The number of aromatic nitrogens is 2. The van der Waals surface area contributed by atoms with E-state index in [4.69, 9.17) is 27.9 Å². The Morgan fingerprint density at radius 2 is 2.10 bits per heavy atom. The van der Waals surface area contributed by atoms with E-state index in [2.05, 4.69) is 5.10 Å². The van der Waals surface area contributed by atoms with Crippen LogP contribution in [-0.4, -0.2) is 16.1 Å². The van der Waals surface area contributed by atoms with E-state index in [1.807, 2.05) is 18.5 Å². The van der Waals surface area contributed by atoms with Crippen molar-refractivity contribution >= 4 is 29.5 Å². The molecule has 0 saturated carbocycles. The third kappa shape index (κ3) is 3.39. The summed E-state index contributed by atoms with van der Waals surface area (Å²) < 4.78 is 7.54. The molecule has 0 aliphatic rings. The van der Waals surface area contributed by atoms with Gasteiger partial charge in [0.15, 0.2) is 0 Å². The predicted molar refractivity (Wildman–Crippen MR) is 83.5 cm³/mol. The molecule has 0 N–H and O–H groups in total.